The summed E-state index contributed by atoms with van der Waals surface area (Å²) < 4.78 is 0. The van der Waals surface area contributed by atoms with Crippen molar-refractivity contribution < 1.29 is 9.72 Å². The number of likely N-dealkylation sites (tertiary alicyclic amines) is 1. The molecule has 0 aliphatic carbocycles. The topological polar surface area (TPSA) is 89.5 Å². The molecular formula is C12H15N3O3. The van der Waals surface area contributed by atoms with Gasteiger partial charge in [-0.15, -0.1) is 0 Å². The van der Waals surface area contributed by atoms with Gasteiger partial charge in [0.15, 0.2) is 0 Å². The van der Waals surface area contributed by atoms with Crippen LogP contribution in [0.1, 0.15) is 29.6 Å². The highest BCUT2D eigenvalue weighted by Crippen LogP contribution is 2.24. The molecule has 1 amide bonds. The number of nitro groups is 1. The van der Waals surface area contributed by atoms with E-state index in [0.717, 1.165) is 19.3 Å². The van der Waals surface area contributed by atoms with Crippen LogP contribution in [0.15, 0.2) is 18.2 Å². The van der Waals surface area contributed by atoms with Crippen LogP contribution in [0.2, 0.25) is 0 Å². The maximum atomic E-state index is 12.2. The molecule has 0 aromatic heterocycles. The van der Waals surface area contributed by atoms with Gasteiger partial charge in [-0.05, 0) is 31.4 Å². The summed E-state index contributed by atoms with van der Waals surface area (Å²) in [5, 5.41) is 10.9. The minimum atomic E-state index is -0.545. The number of rotatable bonds is 2. The Bertz CT molecular complexity index is 481. The summed E-state index contributed by atoms with van der Waals surface area (Å²) in [6.07, 6.45) is 2.99. The van der Waals surface area contributed by atoms with E-state index in [2.05, 4.69) is 0 Å². The number of hydrogen-bond acceptors (Lipinski definition) is 4. The lowest BCUT2D eigenvalue weighted by Crippen LogP contribution is -2.35. The van der Waals surface area contributed by atoms with Gasteiger partial charge in [0.1, 0.15) is 5.56 Å². The largest absolute Gasteiger partial charge is 0.399 e. The Labute approximate surface area is 105 Å². The smallest absolute Gasteiger partial charge is 0.282 e. The second-order valence-corrected chi connectivity index (χ2v) is 4.39. The predicted molar refractivity (Wildman–Crippen MR) is 67.3 cm³/mol. The monoisotopic (exact) mass is 249 g/mol. The quantitative estimate of drug-likeness (QED) is 0.491. The summed E-state index contributed by atoms with van der Waals surface area (Å²) in [5.74, 6) is -0.297. The Morgan fingerprint density at radius 2 is 1.94 bits per heavy atom. The van der Waals surface area contributed by atoms with Gasteiger partial charge in [-0.1, -0.05) is 0 Å². The Kier molecular flexibility index (Phi) is 3.45. The average molecular weight is 249 g/mol. The van der Waals surface area contributed by atoms with Gasteiger partial charge in [-0.2, -0.15) is 0 Å². The third-order valence-corrected chi connectivity index (χ3v) is 3.09. The molecule has 0 radical (unpaired) electrons. The Morgan fingerprint density at radius 1 is 1.28 bits per heavy atom. The third kappa shape index (κ3) is 2.42. The number of benzene rings is 1. The molecule has 0 bridgehead atoms. The molecule has 0 saturated carbocycles. The first kappa shape index (κ1) is 12.3. The summed E-state index contributed by atoms with van der Waals surface area (Å²) in [6, 6.07) is 4.10. The maximum absolute atomic E-state index is 12.2. The molecule has 0 spiro atoms. The molecule has 6 nitrogen and oxygen atoms in total. The molecule has 1 heterocycles. The molecule has 18 heavy (non-hydrogen) atoms. The zero-order valence-electron chi connectivity index (χ0n) is 9.96. The molecule has 1 aromatic rings. The number of carbonyl (C=O) groups is 1. The van der Waals surface area contributed by atoms with Crippen molar-refractivity contribution in [3.8, 4) is 0 Å². The summed E-state index contributed by atoms with van der Waals surface area (Å²) >= 11 is 0. The van der Waals surface area contributed by atoms with Crippen LogP contribution in [0.5, 0.6) is 0 Å². The highest BCUT2D eigenvalue weighted by Gasteiger charge is 2.25. The molecule has 1 aliphatic heterocycles. The predicted octanol–water partition coefficient (Wildman–Crippen LogP) is 1.80. The number of anilines is 1. The Hall–Kier alpha value is -2.11. The van der Waals surface area contributed by atoms with Crippen molar-refractivity contribution in [1.29, 1.82) is 0 Å². The number of nitro benzene ring substituents is 1. The van der Waals surface area contributed by atoms with E-state index in [1.54, 1.807) is 4.90 Å². The van der Waals surface area contributed by atoms with E-state index in [4.69, 9.17) is 5.73 Å². The summed E-state index contributed by atoms with van der Waals surface area (Å²) in [5.41, 5.74) is 5.87. The van der Waals surface area contributed by atoms with Crippen molar-refractivity contribution in [1.82, 2.24) is 4.90 Å². The van der Waals surface area contributed by atoms with Crippen LogP contribution in [-0.4, -0.2) is 28.8 Å². The fourth-order valence-corrected chi connectivity index (χ4v) is 2.15. The number of carbonyl (C=O) groups excluding carboxylic acids is 1. The van der Waals surface area contributed by atoms with Crippen molar-refractivity contribution >= 4 is 17.3 Å². The van der Waals surface area contributed by atoms with Gasteiger partial charge in [-0.25, -0.2) is 0 Å². The number of nitrogen functional groups attached to an aromatic ring is 1. The summed E-state index contributed by atoms with van der Waals surface area (Å²) in [7, 11) is 0. The molecule has 1 fully saturated rings. The molecule has 0 atom stereocenters. The fraction of sp³-hybridized carbons (Fsp3) is 0.417. The number of piperidine rings is 1. The van der Waals surface area contributed by atoms with E-state index in [-0.39, 0.29) is 17.2 Å². The van der Waals surface area contributed by atoms with Gasteiger partial charge in [0.05, 0.1) is 4.92 Å². The Balaban J connectivity index is 2.33. The van der Waals surface area contributed by atoms with Crippen LogP contribution in [0.4, 0.5) is 11.4 Å². The van der Waals surface area contributed by atoms with Gasteiger partial charge >= 0.3 is 0 Å². The van der Waals surface area contributed by atoms with Crippen LogP contribution in [0.25, 0.3) is 0 Å². The second kappa shape index (κ2) is 5.03. The molecule has 1 aromatic carbocycles. The van der Waals surface area contributed by atoms with Crippen molar-refractivity contribution in [2.24, 2.45) is 0 Å². The first-order valence-corrected chi connectivity index (χ1v) is 5.93. The minimum absolute atomic E-state index is 0.0851. The fourth-order valence-electron chi connectivity index (χ4n) is 2.15. The van der Waals surface area contributed by atoms with Crippen molar-refractivity contribution in [3.63, 3.8) is 0 Å². The van der Waals surface area contributed by atoms with Crippen molar-refractivity contribution in [3.05, 3.63) is 33.9 Å². The molecule has 96 valence electrons. The molecule has 6 heteroatoms. The van der Waals surface area contributed by atoms with Crippen molar-refractivity contribution in [2.75, 3.05) is 18.8 Å². The van der Waals surface area contributed by atoms with E-state index in [0.29, 0.717) is 18.8 Å². The van der Waals surface area contributed by atoms with Crippen LogP contribution in [-0.2, 0) is 0 Å². The number of hydrogen-bond donors (Lipinski definition) is 1. The average Bonchev–Trinajstić information content (AvgIpc) is 2.38. The maximum Gasteiger partial charge on any atom is 0.282 e. The first-order valence-electron chi connectivity index (χ1n) is 5.93. The van der Waals surface area contributed by atoms with E-state index in [9.17, 15) is 14.9 Å². The second-order valence-electron chi connectivity index (χ2n) is 4.39. The lowest BCUT2D eigenvalue weighted by atomic mass is 10.1. The van der Waals surface area contributed by atoms with Crippen molar-refractivity contribution in [2.45, 2.75) is 19.3 Å². The normalized spacial score (nSPS) is 15.4. The van der Waals surface area contributed by atoms with Gasteiger partial charge in [0, 0.05) is 24.8 Å². The number of nitrogens with two attached hydrogens (primary N) is 1. The molecule has 1 aliphatic rings. The van der Waals surface area contributed by atoms with Crippen LogP contribution in [0, 0.1) is 10.1 Å². The summed E-state index contributed by atoms with van der Waals surface area (Å²) in [4.78, 5) is 24.3. The van der Waals surface area contributed by atoms with Crippen LogP contribution < -0.4 is 5.73 Å². The van der Waals surface area contributed by atoms with E-state index in [1.165, 1.54) is 18.2 Å². The third-order valence-electron chi connectivity index (χ3n) is 3.09. The Morgan fingerprint density at radius 3 is 2.56 bits per heavy atom. The number of amides is 1. The zero-order valence-corrected chi connectivity index (χ0v) is 9.96. The molecule has 2 N–H and O–H groups in total. The van der Waals surface area contributed by atoms with Crippen LogP contribution in [0.3, 0.4) is 0 Å². The summed E-state index contributed by atoms with van der Waals surface area (Å²) in [6.45, 7) is 1.32. The van der Waals surface area contributed by atoms with Gasteiger partial charge in [0.2, 0.25) is 0 Å². The molecule has 0 unspecified atom stereocenters. The van der Waals surface area contributed by atoms with Gasteiger partial charge in [0.25, 0.3) is 11.6 Å². The highest BCUT2D eigenvalue weighted by atomic mass is 16.6. The van der Waals surface area contributed by atoms with E-state index < -0.39 is 4.92 Å². The lowest BCUT2D eigenvalue weighted by molar-refractivity contribution is -0.385. The highest BCUT2D eigenvalue weighted by molar-refractivity contribution is 5.99. The standard InChI is InChI=1S/C12H15N3O3/c13-9-4-5-11(15(17)18)10(8-9)12(16)14-6-2-1-3-7-14/h4-5,8H,1-3,6-7,13H2. The number of nitrogens with zero attached hydrogens (tertiary/aromatic N) is 2. The van der Waals surface area contributed by atoms with E-state index >= 15 is 0 Å². The van der Waals surface area contributed by atoms with Gasteiger partial charge < -0.3 is 10.6 Å². The molecular weight excluding hydrogens is 234 g/mol. The molecule has 2 rings (SSSR count). The SMILES string of the molecule is Nc1ccc([N+](=O)[O-])c(C(=O)N2CCCCC2)c1. The zero-order chi connectivity index (χ0) is 13.1. The lowest BCUT2D eigenvalue weighted by Gasteiger charge is -2.26. The first-order chi connectivity index (χ1) is 8.59. The van der Waals surface area contributed by atoms with Gasteiger partial charge in [-0.3, -0.25) is 14.9 Å². The molecule has 1 saturated heterocycles. The van der Waals surface area contributed by atoms with Crippen LogP contribution >= 0.6 is 0 Å². The van der Waals surface area contributed by atoms with E-state index in [1.807, 2.05) is 0 Å². The minimum Gasteiger partial charge on any atom is -0.399 e.